The number of benzene rings is 1. The molecule has 0 spiro atoms. The van der Waals surface area contributed by atoms with Crippen LogP contribution in [-0.2, 0) is 9.84 Å². The Balaban J connectivity index is 2.40. The topological polar surface area (TPSA) is 72.8 Å². The third-order valence-electron chi connectivity index (χ3n) is 3.31. The second kappa shape index (κ2) is 5.79. The molecule has 0 bridgehead atoms. The van der Waals surface area contributed by atoms with Crippen molar-refractivity contribution in [3.63, 3.8) is 0 Å². The third-order valence-corrected chi connectivity index (χ3v) is 5.24. The van der Waals surface area contributed by atoms with E-state index >= 15 is 0 Å². The van der Waals surface area contributed by atoms with E-state index in [9.17, 15) is 13.5 Å². The number of hydrogen-bond donors (Lipinski definition) is 1. The summed E-state index contributed by atoms with van der Waals surface area (Å²) in [5.74, 6) is 0.983. The molecule has 5 nitrogen and oxygen atoms in total. The zero-order valence-corrected chi connectivity index (χ0v) is 12.9. The highest BCUT2D eigenvalue weighted by atomic mass is 35.5. The molecule has 1 aliphatic rings. The van der Waals surface area contributed by atoms with Gasteiger partial charge in [-0.05, 0) is 13.0 Å². The molecule has 1 aliphatic heterocycles. The van der Waals surface area contributed by atoms with Crippen LogP contribution in [0.3, 0.4) is 0 Å². The van der Waals surface area contributed by atoms with Crippen molar-refractivity contribution in [1.29, 1.82) is 0 Å². The number of aliphatic hydroxyl groups excluding tert-OH is 1. The van der Waals surface area contributed by atoms with Crippen LogP contribution in [0.1, 0.15) is 25.0 Å². The number of aliphatic hydroxyl groups is 1. The van der Waals surface area contributed by atoms with E-state index in [0.29, 0.717) is 30.3 Å². The van der Waals surface area contributed by atoms with E-state index in [0.717, 1.165) is 12.7 Å². The largest absolute Gasteiger partial charge is 0.490 e. The monoisotopic (exact) mass is 320 g/mol. The van der Waals surface area contributed by atoms with Crippen LogP contribution < -0.4 is 9.47 Å². The number of halogens is 1. The molecular formula is C13H17ClO5S. The van der Waals surface area contributed by atoms with Crippen molar-refractivity contribution >= 4 is 21.4 Å². The summed E-state index contributed by atoms with van der Waals surface area (Å²) in [7, 11) is -3.38. The van der Waals surface area contributed by atoms with Crippen molar-refractivity contribution < 1.29 is 23.0 Å². The Kier molecular flexibility index (Phi) is 4.46. The lowest BCUT2D eigenvalue weighted by atomic mass is 10.1. The fraction of sp³-hybridized carbons (Fsp3) is 0.538. The van der Waals surface area contributed by atoms with Crippen LogP contribution in [0.4, 0.5) is 0 Å². The van der Waals surface area contributed by atoms with Crippen LogP contribution in [0.25, 0.3) is 0 Å². The molecule has 0 aromatic heterocycles. The van der Waals surface area contributed by atoms with Crippen molar-refractivity contribution in [3.05, 3.63) is 22.7 Å². The fourth-order valence-electron chi connectivity index (χ4n) is 1.91. The summed E-state index contributed by atoms with van der Waals surface area (Å²) < 4.78 is 34.1. The van der Waals surface area contributed by atoms with Gasteiger partial charge in [0.05, 0.1) is 29.6 Å². The Morgan fingerprint density at radius 1 is 1.25 bits per heavy atom. The second-order valence-corrected chi connectivity index (χ2v) is 7.66. The molecule has 0 fully saturated rings. The SMILES string of the molecule is CC(C(O)c1cc2c(cc1Cl)OCCCO2)S(C)(=O)=O. The van der Waals surface area contributed by atoms with Gasteiger partial charge >= 0.3 is 0 Å². The molecule has 1 aromatic rings. The van der Waals surface area contributed by atoms with Crippen LogP contribution >= 0.6 is 11.6 Å². The lowest BCUT2D eigenvalue weighted by Crippen LogP contribution is -2.24. The van der Waals surface area contributed by atoms with E-state index in [1.54, 1.807) is 12.1 Å². The van der Waals surface area contributed by atoms with Gasteiger partial charge < -0.3 is 14.6 Å². The van der Waals surface area contributed by atoms with Crippen molar-refractivity contribution in [2.75, 3.05) is 19.5 Å². The summed E-state index contributed by atoms with van der Waals surface area (Å²) in [5, 5.41) is 9.52. The Bertz CT molecular complexity index is 599. The first-order valence-corrected chi connectivity index (χ1v) is 8.60. The number of fused-ring (bicyclic) bond motifs is 1. The van der Waals surface area contributed by atoms with Gasteiger partial charge in [0, 0.05) is 24.3 Å². The molecule has 1 heterocycles. The molecule has 0 saturated carbocycles. The number of sulfone groups is 1. The fourth-order valence-corrected chi connectivity index (χ4v) is 2.79. The molecule has 7 heteroatoms. The van der Waals surface area contributed by atoms with E-state index in [1.165, 1.54) is 6.92 Å². The van der Waals surface area contributed by atoms with E-state index in [1.807, 2.05) is 0 Å². The Morgan fingerprint density at radius 3 is 2.35 bits per heavy atom. The highest BCUT2D eigenvalue weighted by Crippen LogP contribution is 2.38. The molecule has 2 unspecified atom stereocenters. The highest BCUT2D eigenvalue weighted by Gasteiger charge is 2.28. The Hall–Kier alpha value is -0.980. The molecule has 0 aliphatic carbocycles. The van der Waals surface area contributed by atoms with E-state index in [2.05, 4.69) is 0 Å². The number of hydrogen-bond acceptors (Lipinski definition) is 5. The molecule has 0 saturated heterocycles. The maximum atomic E-state index is 11.5. The predicted octanol–water partition coefficient (Wildman–Crippen LogP) is 1.97. The Morgan fingerprint density at radius 2 is 1.80 bits per heavy atom. The standard InChI is InChI=1S/C13H17ClO5S/c1-8(20(2,16)17)13(15)9-6-11-12(7-10(9)14)19-5-3-4-18-11/h6-8,13,15H,3-5H2,1-2H3. The lowest BCUT2D eigenvalue weighted by Gasteiger charge is -2.20. The molecule has 1 N–H and O–H groups in total. The average Bonchev–Trinajstić information content (AvgIpc) is 2.59. The van der Waals surface area contributed by atoms with Gasteiger partial charge in [0.2, 0.25) is 0 Å². The molecule has 0 amide bonds. The predicted molar refractivity (Wildman–Crippen MR) is 76.3 cm³/mol. The zero-order valence-electron chi connectivity index (χ0n) is 11.3. The van der Waals surface area contributed by atoms with Gasteiger partial charge in [-0.3, -0.25) is 0 Å². The van der Waals surface area contributed by atoms with Crippen LogP contribution in [0.5, 0.6) is 11.5 Å². The van der Waals surface area contributed by atoms with E-state index in [-0.39, 0.29) is 5.02 Å². The third kappa shape index (κ3) is 3.19. The van der Waals surface area contributed by atoms with Crippen LogP contribution in [0.2, 0.25) is 5.02 Å². The highest BCUT2D eigenvalue weighted by molar-refractivity contribution is 7.91. The first-order chi connectivity index (χ1) is 9.30. The molecule has 1 aromatic carbocycles. The van der Waals surface area contributed by atoms with Crippen LogP contribution in [-0.4, -0.2) is 38.2 Å². The first-order valence-electron chi connectivity index (χ1n) is 6.26. The van der Waals surface area contributed by atoms with Crippen molar-refractivity contribution in [2.45, 2.75) is 24.7 Å². The summed E-state index contributed by atoms with van der Waals surface area (Å²) in [6.45, 7) is 2.48. The smallest absolute Gasteiger partial charge is 0.162 e. The van der Waals surface area contributed by atoms with Gasteiger partial charge in [-0.15, -0.1) is 0 Å². The maximum absolute atomic E-state index is 11.5. The van der Waals surface area contributed by atoms with Crippen molar-refractivity contribution in [3.8, 4) is 11.5 Å². The van der Waals surface area contributed by atoms with E-state index in [4.69, 9.17) is 21.1 Å². The van der Waals surface area contributed by atoms with Gasteiger partial charge in [0.25, 0.3) is 0 Å². The zero-order chi connectivity index (χ0) is 14.9. The summed E-state index contributed by atoms with van der Waals surface area (Å²) in [6.07, 6.45) is 0.622. The van der Waals surface area contributed by atoms with Gasteiger partial charge in [-0.1, -0.05) is 11.6 Å². The van der Waals surface area contributed by atoms with Gasteiger partial charge in [0.15, 0.2) is 21.3 Å². The summed E-state index contributed by atoms with van der Waals surface area (Å²) in [6, 6.07) is 3.10. The minimum atomic E-state index is -3.38. The van der Waals surface area contributed by atoms with Gasteiger partial charge in [0.1, 0.15) is 0 Å². The van der Waals surface area contributed by atoms with Crippen molar-refractivity contribution in [1.82, 2.24) is 0 Å². The van der Waals surface area contributed by atoms with E-state index < -0.39 is 21.2 Å². The maximum Gasteiger partial charge on any atom is 0.162 e. The molecule has 20 heavy (non-hydrogen) atoms. The minimum Gasteiger partial charge on any atom is -0.490 e. The summed E-state index contributed by atoms with van der Waals surface area (Å²) in [5.41, 5.74) is 0.328. The first kappa shape index (κ1) is 15.4. The minimum absolute atomic E-state index is 0.261. The van der Waals surface area contributed by atoms with Crippen LogP contribution in [0, 0.1) is 0 Å². The molecule has 112 valence electrons. The molecule has 2 atom stereocenters. The average molecular weight is 321 g/mol. The second-order valence-electron chi connectivity index (χ2n) is 4.85. The molecule has 2 rings (SSSR count). The van der Waals surface area contributed by atoms with Crippen LogP contribution in [0.15, 0.2) is 12.1 Å². The molecular weight excluding hydrogens is 304 g/mol. The number of ether oxygens (including phenoxy) is 2. The lowest BCUT2D eigenvalue weighted by molar-refractivity contribution is 0.175. The molecule has 0 radical (unpaired) electrons. The normalized spacial score (nSPS) is 18.2. The van der Waals surface area contributed by atoms with Crippen molar-refractivity contribution in [2.24, 2.45) is 0 Å². The quantitative estimate of drug-likeness (QED) is 0.921. The summed E-state index contributed by atoms with van der Waals surface area (Å²) in [4.78, 5) is 0. The summed E-state index contributed by atoms with van der Waals surface area (Å²) >= 11 is 6.11. The number of rotatable bonds is 3. The Labute approximate surface area is 123 Å². The van der Waals surface area contributed by atoms with Gasteiger partial charge in [-0.25, -0.2) is 8.42 Å². The van der Waals surface area contributed by atoms with Gasteiger partial charge in [-0.2, -0.15) is 0 Å².